The summed E-state index contributed by atoms with van der Waals surface area (Å²) in [4.78, 5) is 26.0. The average molecular weight is 484 g/mol. The van der Waals surface area contributed by atoms with Gasteiger partial charge in [0.15, 0.2) is 11.5 Å². The first kappa shape index (κ1) is 21.8. The van der Waals surface area contributed by atoms with Gasteiger partial charge in [-0.1, -0.05) is 29.8 Å². The molecule has 0 saturated carbocycles. The summed E-state index contributed by atoms with van der Waals surface area (Å²) in [6.07, 6.45) is 1.72. The van der Waals surface area contributed by atoms with Gasteiger partial charge in [-0.05, 0) is 42.8 Å². The van der Waals surface area contributed by atoms with Crippen molar-refractivity contribution in [2.75, 3.05) is 12.1 Å². The second-order valence-corrected chi connectivity index (χ2v) is 8.75. The number of hydrogen-bond donors (Lipinski definition) is 1. The number of anilines is 1. The van der Waals surface area contributed by atoms with Gasteiger partial charge in [-0.2, -0.15) is 5.10 Å². The van der Waals surface area contributed by atoms with E-state index in [-0.39, 0.29) is 13.3 Å². The second-order valence-electron chi connectivity index (χ2n) is 8.75. The van der Waals surface area contributed by atoms with Crippen LogP contribution in [-0.4, -0.2) is 27.0 Å². The van der Waals surface area contributed by atoms with E-state index in [1.807, 2.05) is 29.7 Å². The molecule has 36 heavy (non-hydrogen) atoms. The molecule has 8 nitrogen and oxygen atoms in total. The van der Waals surface area contributed by atoms with E-state index in [0.29, 0.717) is 40.4 Å². The standard InChI is InChI=1S/C27H21FN4O4/c1-16-3-2-4-17(9-16)12-31-13-21-26(20-10-18(28)5-7-22(20)31)30-32(27(21)34)14-25(33)29-19-6-8-23-24(11-19)36-15-35-23/h2-11,13H,12,14-15H2,1H3,(H,29,33). The number of amides is 1. The molecule has 6 rings (SSSR count). The summed E-state index contributed by atoms with van der Waals surface area (Å²) in [5.74, 6) is 0.279. The number of aromatic nitrogens is 3. The van der Waals surface area contributed by atoms with Gasteiger partial charge in [0.2, 0.25) is 12.7 Å². The molecule has 3 aliphatic heterocycles. The summed E-state index contributed by atoms with van der Waals surface area (Å²) in [6, 6.07) is 17.5. The molecular formula is C27H21FN4O4. The molecule has 0 atom stereocenters. The summed E-state index contributed by atoms with van der Waals surface area (Å²) in [5.41, 5.74) is 3.66. The van der Waals surface area contributed by atoms with Gasteiger partial charge in [0.25, 0.3) is 5.56 Å². The van der Waals surface area contributed by atoms with Crippen molar-refractivity contribution in [2.24, 2.45) is 0 Å². The van der Waals surface area contributed by atoms with Crippen LogP contribution < -0.4 is 20.3 Å². The largest absolute Gasteiger partial charge is 0.454 e. The number of benzene rings is 3. The Hall–Kier alpha value is -4.66. The van der Waals surface area contributed by atoms with Gasteiger partial charge in [0.05, 0.1) is 11.1 Å². The molecule has 0 radical (unpaired) electrons. The van der Waals surface area contributed by atoms with Gasteiger partial charge in [-0.25, -0.2) is 9.07 Å². The summed E-state index contributed by atoms with van der Waals surface area (Å²) in [7, 11) is 0. The lowest BCUT2D eigenvalue weighted by Gasteiger charge is -2.14. The topological polar surface area (TPSA) is 87.4 Å². The highest BCUT2D eigenvalue weighted by molar-refractivity contribution is 5.94. The molecule has 0 bridgehead atoms. The number of fused-ring (bicyclic) bond motifs is 4. The van der Waals surface area contributed by atoms with Crippen LogP contribution in [0.25, 0.3) is 22.2 Å². The van der Waals surface area contributed by atoms with Crippen LogP contribution in [0.5, 0.6) is 11.5 Å². The predicted octanol–water partition coefficient (Wildman–Crippen LogP) is 4.17. The maximum absolute atomic E-state index is 14.2. The Kier molecular flexibility index (Phi) is 5.18. The van der Waals surface area contributed by atoms with Crippen molar-refractivity contribution in [3.05, 3.63) is 94.2 Å². The smallest absolute Gasteiger partial charge is 0.278 e. The van der Waals surface area contributed by atoms with Crippen LogP contribution in [0.15, 0.2) is 71.7 Å². The lowest BCUT2D eigenvalue weighted by atomic mass is 10.1. The lowest BCUT2D eigenvalue weighted by molar-refractivity contribution is -0.116. The molecule has 1 amide bonds. The highest BCUT2D eigenvalue weighted by Gasteiger charge is 2.22. The van der Waals surface area contributed by atoms with Gasteiger partial charge in [0, 0.05) is 29.9 Å². The van der Waals surface area contributed by atoms with Crippen LogP contribution in [0.2, 0.25) is 0 Å². The number of nitrogens with zero attached hydrogens (tertiary/aromatic N) is 3. The molecule has 0 spiro atoms. The van der Waals surface area contributed by atoms with Crippen LogP contribution in [0, 0.1) is 12.7 Å². The summed E-state index contributed by atoms with van der Waals surface area (Å²) in [5, 5.41) is 7.66. The molecule has 3 aromatic rings. The first-order chi connectivity index (χ1) is 17.4. The van der Waals surface area contributed by atoms with Gasteiger partial charge >= 0.3 is 0 Å². The number of nitrogens with one attached hydrogen (secondary N) is 1. The van der Waals surface area contributed by atoms with Gasteiger partial charge in [-0.15, -0.1) is 0 Å². The Balaban J connectivity index is 1.36. The predicted molar refractivity (Wildman–Crippen MR) is 132 cm³/mol. The molecule has 3 aromatic carbocycles. The normalized spacial score (nSPS) is 12.4. The number of hydrogen-bond acceptors (Lipinski definition) is 5. The molecule has 0 aromatic heterocycles. The number of ether oxygens (including phenoxy) is 2. The second kappa shape index (κ2) is 8.53. The Morgan fingerprint density at radius 1 is 1.08 bits per heavy atom. The highest BCUT2D eigenvalue weighted by atomic mass is 19.1. The fraction of sp³-hybridized carbons (Fsp3) is 0.148. The average Bonchev–Trinajstić information content (AvgIpc) is 3.43. The number of carbonyl (C=O) groups is 1. The first-order valence-electron chi connectivity index (χ1n) is 11.4. The fourth-order valence-corrected chi connectivity index (χ4v) is 4.51. The molecular weight excluding hydrogens is 463 g/mol. The first-order valence-corrected chi connectivity index (χ1v) is 11.4. The van der Waals surface area contributed by atoms with E-state index in [1.54, 1.807) is 30.5 Å². The van der Waals surface area contributed by atoms with E-state index in [4.69, 9.17) is 9.47 Å². The molecule has 3 aliphatic rings. The number of aryl methyl sites for hydroxylation is 1. The quantitative estimate of drug-likeness (QED) is 0.405. The SMILES string of the molecule is Cc1cccc(Cn2cc3c(=O)n(CC(=O)Nc4ccc5c(c4)OCO5)nc-3c3cc(F)ccc32)c1. The van der Waals surface area contributed by atoms with Crippen molar-refractivity contribution < 1.29 is 18.7 Å². The maximum atomic E-state index is 14.2. The van der Waals surface area contributed by atoms with Crippen LogP contribution >= 0.6 is 0 Å². The van der Waals surface area contributed by atoms with E-state index in [1.165, 1.54) is 12.1 Å². The van der Waals surface area contributed by atoms with Crippen molar-refractivity contribution in [3.63, 3.8) is 0 Å². The minimum absolute atomic E-state index is 0.130. The minimum Gasteiger partial charge on any atom is -0.454 e. The molecule has 0 saturated heterocycles. The monoisotopic (exact) mass is 484 g/mol. The third-order valence-corrected chi connectivity index (χ3v) is 6.13. The van der Waals surface area contributed by atoms with E-state index in [9.17, 15) is 14.0 Å². The van der Waals surface area contributed by atoms with Crippen molar-refractivity contribution in [3.8, 4) is 22.8 Å². The summed E-state index contributed by atoms with van der Waals surface area (Å²) < 4.78 is 27.9. The van der Waals surface area contributed by atoms with Crippen molar-refractivity contribution in [2.45, 2.75) is 20.0 Å². The highest BCUT2D eigenvalue weighted by Crippen LogP contribution is 2.34. The maximum Gasteiger partial charge on any atom is 0.278 e. The summed E-state index contributed by atoms with van der Waals surface area (Å²) in [6.45, 7) is 2.34. The van der Waals surface area contributed by atoms with Crippen molar-refractivity contribution in [1.29, 1.82) is 0 Å². The number of pyridine rings is 1. The van der Waals surface area contributed by atoms with Gasteiger partial charge in [-0.3, -0.25) is 9.59 Å². The molecule has 0 unspecified atom stereocenters. The van der Waals surface area contributed by atoms with Gasteiger partial charge in [0.1, 0.15) is 18.1 Å². The molecule has 180 valence electrons. The van der Waals surface area contributed by atoms with E-state index in [0.717, 1.165) is 21.3 Å². The molecule has 0 aliphatic carbocycles. The lowest BCUT2D eigenvalue weighted by Crippen LogP contribution is -2.26. The van der Waals surface area contributed by atoms with E-state index >= 15 is 0 Å². The summed E-state index contributed by atoms with van der Waals surface area (Å²) >= 11 is 0. The van der Waals surface area contributed by atoms with Crippen LogP contribution in [0.4, 0.5) is 10.1 Å². The minimum atomic E-state index is -0.431. The third kappa shape index (κ3) is 3.94. The number of halogens is 1. The Bertz CT molecular complexity index is 1670. The fourth-order valence-electron chi connectivity index (χ4n) is 4.51. The van der Waals surface area contributed by atoms with E-state index < -0.39 is 17.3 Å². The molecule has 9 heteroatoms. The van der Waals surface area contributed by atoms with E-state index in [2.05, 4.69) is 16.5 Å². The third-order valence-electron chi connectivity index (χ3n) is 6.13. The molecule has 1 N–H and O–H groups in total. The Morgan fingerprint density at radius 3 is 2.81 bits per heavy atom. The zero-order valence-corrected chi connectivity index (χ0v) is 19.3. The van der Waals surface area contributed by atoms with Crippen LogP contribution in [0.3, 0.4) is 0 Å². The van der Waals surface area contributed by atoms with Gasteiger partial charge < -0.3 is 19.4 Å². The van der Waals surface area contributed by atoms with Crippen LogP contribution in [-0.2, 0) is 17.9 Å². The molecule has 3 heterocycles. The zero-order chi connectivity index (χ0) is 24.8. The number of rotatable bonds is 5. The molecule has 0 fully saturated rings. The van der Waals surface area contributed by atoms with Crippen LogP contribution in [0.1, 0.15) is 11.1 Å². The Labute approximate surface area is 204 Å². The van der Waals surface area contributed by atoms with Crippen molar-refractivity contribution >= 4 is 22.5 Å². The number of carbonyl (C=O) groups excluding carboxylic acids is 1. The zero-order valence-electron chi connectivity index (χ0n) is 19.3. The Morgan fingerprint density at radius 2 is 1.94 bits per heavy atom. The van der Waals surface area contributed by atoms with Crippen molar-refractivity contribution in [1.82, 2.24) is 14.3 Å².